The number of carboxylic acids is 1. The van der Waals surface area contributed by atoms with Crippen molar-refractivity contribution in [3.05, 3.63) is 34.0 Å². The number of amides is 1. The molecular formula is C16H18BrNO4. The van der Waals surface area contributed by atoms with Gasteiger partial charge in [-0.1, -0.05) is 0 Å². The molecule has 118 valence electrons. The predicted octanol–water partition coefficient (Wildman–Crippen LogP) is 3.83. The molecule has 2 aromatic rings. The van der Waals surface area contributed by atoms with E-state index in [1.54, 1.807) is 6.07 Å². The summed E-state index contributed by atoms with van der Waals surface area (Å²) >= 11 is 3.43. The van der Waals surface area contributed by atoms with Crippen LogP contribution in [0.1, 0.15) is 36.4 Å². The number of benzene rings is 1. The van der Waals surface area contributed by atoms with E-state index in [2.05, 4.69) is 15.9 Å². The number of nitrogens with zero attached hydrogens (tertiary/aromatic N) is 1. The van der Waals surface area contributed by atoms with Gasteiger partial charge in [-0.3, -0.25) is 9.59 Å². The van der Waals surface area contributed by atoms with Gasteiger partial charge in [-0.2, -0.15) is 0 Å². The largest absolute Gasteiger partial charge is 0.481 e. The molecule has 0 aliphatic rings. The summed E-state index contributed by atoms with van der Waals surface area (Å²) in [6, 6.07) is 5.46. The lowest BCUT2D eigenvalue weighted by Crippen LogP contribution is -2.38. The Kier molecular flexibility index (Phi) is 4.90. The van der Waals surface area contributed by atoms with Crippen LogP contribution >= 0.6 is 15.9 Å². The predicted molar refractivity (Wildman–Crippen MR) is 87.1 cm³/mol. The number of rotatable bonds is 5. The summed E-state index contributed by atoms with van der Waals surface area (Å²) in [6.45, 7) is 5.82. The zero-order valence-corrected chi connectivity index (χ0v) is 14.3. The fourth-order valence-electron chi connectivity index (χ4n) is 2.31. The van der Waals surface area contributed by atoms with Crippen LogP contribution in [0.4, 0.5) is 0 Å². The molecule has 0 spiro atoms. The lowest BCUT2D eigenvalue weighted by molar-refractivity contribution is -0.137. The highest BCUT2D eigenvalue weighted by Gasteiger charge is 2.23. The molecule has 2 rings (SSSR count). The van der Waals surface area contributed by atoms with E-state index in [0.29, 0.717) is 5.58 Å². The fraction of sp³-hybridized carbons (Fsp3) is 0.375. The number of fused-ring (bicyclic) bond motifs is 1. The Bertz CT molecular complexity index is 720. The molecule has 6 heteroatoms. The van der Waals surface area contributed by atoms with Crippen LogP contribution in [0.2, 0.25) is 0 Å². The molecule has 0 bridgehead atoms. The molecule has 0 saturated carbocycles. The van der Waals surface area contributed by atoms with Crippen LogP contribution in [0.15, 0.2) is 27.1 Å². The molecule has 0 aliphatic heterocycles. The lowest BCUT2D eigenvalue weighted by atomic mass is 10.2. The Hall–Kier alpha value is -1.82. The van der Waals surface area contributed by atoms with Crippen molar-refractivity contribution < 1.29 is 19.1 Å². The molecule has 0 fully saturated rings. The first kappa shape index (κ1) is 16.5. The van der Waals surface area contributed by atoms with Crippen molar-refractivity contribution in [3.8, 4) is 0 Å². The van der Waals surface area contributed by atoms with Crippen molar-refractivity contribution >= 4 is 38.8 Å². The standard InChI is InChI=1S/C16H18BrNO4/c1-9(2)18(5-4-14(19)20)16(21)13-8-11-6-10(3)7-12(17)15(11)22-13/h6-9H,4-5H2,1-3H3,(H,19,20). The molecule has 1 N–H and O–H groups in total. The molecule has 22 heavy (non-hydrogen) atoms. The number of hydrogen-bond acceptors (Lipinski definition) is 3. The molecule has 0 radical (unpaired) electrons. The van der Waals surface area contributed by atoms with E-state index in [4.69, 9.17) is 9.52 Å². The summed E-state index contributed by atoms with van der Waals surface area (Å²) in [6.07, 6.45) is -0.0903. The van der Waals surface area contributed by atoms with E-state index in [-0.39, 0.29) is 30.7 Å². The van der Waals surface area contributed by atoms with E-state index in [0.717, 1.165) is 15.4 Å². The summed E-state index contributed by atoms with van der Waals surface area (Å²) in [7, 11) is 0. The van der Waals surface area contributed by atoms with Gasteiger partial charge in [0.25, 0.3) is 5.91 Å². The summed E-state index contributed by atoms with van der Waals surface area (Å²) in [5, 5.41) is 9.65. The Morgan fingerprint density at radius 3 is 2.59 bits per heavy atom. The number of halogens is 1. The van der Waals surface area contributed by atoms with Crippen LogP contribution < -0.4 is 0 Å². The summed E-state index contributed by atoms with van der Waals surface area (Å²) in [4.78, 5) is 24.8. The minimum absolute atomic E-state index is 0.0903. The van der Waals surface area contributed by atoms with E-state index >= 15 is 0 Å². The Balaban J connectivity index is 2.34. The summed E-state index contributed by atoms with van der Waals surface area (Å²) < 4.78 is 6.46. The molecule has 0 saturated heterocycles. The Morgan fingerprint density at radius 2 is 2.00 bits per heavy atom. The maximum absolute atomic E-state index is 12.6. The lowest BCUT2D eigenvalue weighted by Gasteiger charge is -2.25. The summed E-state index contributed by atoms with van der Waals surface area (Å²) in [5.74, 6) is -1.00. The maximum Gasteiger partial charge on any atom is 0.305 e. The van der Waals surface area contributed by atoms with Crippen molar-refractivity contribution in [2.75, 3.05) is 6.54 Å². The van der Waals surface area contributed by atoms with Gasteiger partial charge in [-0.05, 0) is 60.5 Å². The molecule has 1 heterocycles. The summed E-state index contributed by atoms with van der Waals surface area (Å²) in [5.41, 5.74) is 1.68. The smallest absolute Gasteiger partial charge is 0.305 e. The van der Waals surface area contributed by atoms with Crippen molar-refractivity contribution in [3.63, 3.8) is 0 Å². The number of aliphatic carboxylic acids is 1. The highest BCUT2D eigenvalue weighted by molar-refractivity contribution is 9.10. The average molecular weight is 368 g/mol. The van der Waals surface area contributed by atoms with Crippen LogP contribution in [-0.4, -0.2) is 34.5 Å². The first-order chi connectivity index (χ1) is 10.3. The molecule has 1 amide bonds. The van der Waals surface area contributed by atoms with Crippen LogP contribution in [0.5, 0.6) is 0 Å². The number of hydrogen-bond donors (Lipinski definition) is 1. The van der Waals surface area contributed by atoms with E-state index in [1.165, 1.54) is 4.90 Å². The van der Waals surface area contributed by atoms with Crippen molar-refractivity contribution in [1.82, 2.24) is 4.90 Å². The molecule has 0 atom stereocenters. The minimum atomic E-state index is -0.929. The van der Waals surface area contributed by atoms with Crippen molar-refractivity contribution in [1.29, 1.82) is 0 Å². The monoisotopic (exact) mass is 367 g/mol. The van der Waals surface area contributed by atoms with E-state index in [1.807, 2.05) is 32.9 Å². The molecule has 0 unspecified atom stereocenters. The Labute approximate surface area is 137 Å². The number of carbonyl (C=O) groups is 2. The van der Waals surface area contributed by atoms with Gasteiger partial charge in [0.1, 0.15) is 5.58 Å². The third-order valence-electron chi connectivity index (χ3n) is 3.38. The van der Waals surface area contributed by atoms with Gasteiger partial charge in [-0.25, -0.2) is 0 Å². The van der Waals surface area contributed by atoms with Crippen molar-refractivity contribution in [2.24, 2.45) is 0 Å². The normalized spacial score (nSPS) is 11.1. The molecule has 5 nitrogen and oxygen atoms in total. The van der Waals surface area contributed by atoms with E-state index in [9.17, 15) is 9.59 Å². The number of carboxylic acid groups (broad SMARTS) is 1. The minimum Gasteiger partial charge on any atom is -0.481 e. The number of aryl methyl sites for hydroxylation is 1. The maximum atomic E-state index is 12.6. The van der Waals surface area contributed by atoms with Gasteiger partial charge in [0, 0.05) is 18.0 Å². The fourth-order valence-corrected chi connectivity index (χ4v) is 2.98. The van der Waals surface area contributed by atoms with Crippen LogP contribution in [-0.2, 0) is 4.79 Å². The topological polar surface area (TPSA) is 70.8 Å². The zero-order valence-electron chi connectivity index (χ0n) is 12.7. The highest BCUT2D eigenvalue weighted by Crippen LogP contribution is 2.29. The van der Waals surface area contributed by atoms with Gasteiger partial charge >= 0.3 is 5.97 Å². The number of furan rings is 1. The van der Waals surface area contributed by atoms with E-state index < -0.39 is 5.97 Å². The third-order valence-corrected chi connectivity index (χ3v) is 3.97. The second-order valence-electron chi connectivity index (χ2n) is 5.51. The second kappa shape index (κ2) is 6.52. The van der Waals surface area contributed by atoms with Gasteiger partial charge in [0.2, 0.25) is 0 Å². The molecule has 0 aliphatic carbocycles. The number of carbonyl (C=O) groups excluding carboxylic acids is 1. The van der Waals surface area contributed by atoms with Gasteiger partial charge in [0.15, 0.2) is 5.76 Å². The Morgan fingerprint density at radius 1 is 1.32 bits per heavy atom. The second-order valence-corrected chi connectivity index (χ2v) is 6.37. The quantitative estimate of drug-likeness (QED) is 0.871. The SMILES string of the molecule is Cc1cc(Br)c2oc(C(=O)N(CCC(=O)O)C(C)C)cc2c1. The molecular weight excluding hydrogens is 350 g/mol. The average Bonchev–Trinajstić information content (AvgIpc) is 2.82. The van der Waals surface area contributed by atoms with Gasteiger partial charge in [0.05, 0.1) is 10.9 Å². The third kappa shape index (κ3) is 3.50. The van der Waals surface area contributed by atoms with Crippen LogP contribution in [0.25, 0.3) is 11.0 Å². The van der Waals surface area contributed by atoms with Crippen molar-refractivity contribution in [2.45, 2.75) is 33.2 Å². The zero-order chi connectivity index (χ0) is 16.4. The van der Waals surface area contributed by atoms with Gasteiger partial charge < -0.3 is 14.4 Å². The highest BCUT2D eigenvalue weighted by atomic mass is 79.9. The molecule has 1 aromatic heterocycles. The first-order valence-corrected chi connectivity index (χ1v) is 7.81. The van der Waals surface area contributed by atoms with Crippen LogP contribution in [0, 0.1) is 6.92 Å². The molecule has 1 aromatic carbocycles. The van der Waals surface area contributed by atoms with Crippen LogP contribution in [0.3, 0.4) is 0 Å². The van der Waals surface area contributed by atoms with Gasteiger partial charge in [-0.15, -0.1) is 0 Å². The first-order valence-electron chi connectivity index (χ1n) is 7.02.